The number of amides is 1. The van der Waals surface area contributed by atoms with Crippen LogP contribution in [0.2, 0.25) is 0 Å². The van der Waals surface area contributed by atoms with Gasteiger partial charge in [0.05, 0.1) is 0 Å². The van der Waals surface area contributed by atoms with E-state index in [9.17, 15) is 4.79 Å². The van der Waals surface area contributed by atoms with E-state index in [4.69, 9.17) is 0 Å². The largest absolute Gasteiger partial charge is 0.326 e. The van der Waals surface area contributed by atoms with Crippen molar-refractivity contribution in [2.45, 2.75) is 26.2 Å². The van der Waals surface area contributed by atoms with Gasteiger partial charge < -0.3 is 5.32 Å². The number of aromatic nitrogens is 1. The molecule has 0 bridgehead atoms. The smallest absolute Gasteiger partial charge is 0.224 e. The van der Waals surface area contributed by atoms with Crippen LogP contribution < -0.4 is 5.32 Å². The Morgan fingerprint density at radius 2 is 1.95 bits per heavy atom. The van der Waals surface area contributed by atoms with E-state index < -0.39 is 0 Å². The highest BCUT2D eigenvalue weighted by molar-refractivity contribution is 5.90. The molecule has 1 aromatic heterocycles. The number of nitrogens with zero attached hydrogens (tertiary/aromatic N) is 1. The van der Waals surface area contributed by atoms with E-state index in [0.29, 0.717) is 12.8 Å². The maximum absolute atomic E-state index is 11.8. The number of anilines is 1. The van der Waals surface area contributed by atoms with Crippen LogP contribution in [0.5, 0.6) is 0 Å². The van der Waals surface area contributed by atoms with Gasteiger partial charge in [-0.15, -0.1) is 0 Å². The highest BCUT2D eigenvalue weighted by Gasteiger charge is 2.03. The molecule has 0 aliphatic heterocycles. The molecule has 0 aliphatic rings. The van der Waals surface area contributed by atoms with Crippen LogP contribution in [0.3, 0.4) is 0 Å². The van der Waals surface area contributed by atoms with Gasteiger partial charge >= 0.3 is 0 Å². The Kier molecular flexibility index (Phi) is 4.67. The molecular weight excluding hydrogens is 236 g/mol. The van der Waals surface area contributed by atoms with Gasteiger partial charge in [-0.25, -0.2) is 0 Å². The molecule has 1 N–H and O–H groups in total. The SMILES string of the molecule is CCc1ccc(NC(=O)CCc2ccccn2)cc1. The van der Waals surface area contributed by atoms with Crippen molar-refractivity contribution < 1.29 is 4.79 Å². The van der Waals surface area contributed by atoms with Gasteiger partial charge in [0.1, 0.15) is 0 Å². The molecule has 1 amide bonds. The van der Waals surface area contributed by atoms with Gasteiger partial charge in [0.25, 0.3) is 0 Å². The van der Waals surface area contributed by atoms with Gasteiger partial charge in [-0.1, -0.05) is 25.1 Å². The lowest BCUT2D eigenvalue weighted by Gasteiger charge is -2.06. The summed E-state index contributed by atoms with van der Waals surface area (Å²) in [5.41, 5.74) is 3.06. The average Bonchev–Trinajstić information content (AvgIpc) is 2.47. The minimum absolute atomic E-state index is 0.0231. The van der Waals surface area contributed by atoms with Crippen molar-refractivity contribution >= 4 is 11.6 Å². The Bertz CT molecular complexity index is 520. The van der Waals surface area contributed by atoms with Crippen molar-refractivity contribution in [2.75, 3.05) is 5.32 Å². The van der Waals surface area contributed by atoms with Crippen LogP contribution in [-0.2, 0) is 17.6 Å². The summed E-state index contributed by atoms with van der Waals surface area (Å²) in [5.74, 6) is 0.0231. The molecule has 0 atom stereocenters. The molecule has 1 heterocycles. The van der Waals surface area contributed by atoms with E-state index in [1.54, 1.807) is 6.20 Å². The first kappa shape index (κ1) is 13.3. The summed E-state index contributed by atoms with van der Waals surface area (Å²) in [4.78, 5) is 16.0. The van der Waals surface area contributed by atoms with Crippen molar-refractivity contribution in [2.24, 2.45) is 0 Å². The van der Waals surface area contributed by atoms with Crippen LogP contribution in [-0.4, -0.2) is 10.9 Å². The first-order chi connectivity index (χ1) is 9.28. The van der Waals surface area contributed by atoms with Gasteiger partial charge in [-0.3, -0.25) is 9.78 Å². The van der Waals surface area contributed by atoms with Crippen molar-refractivity contribution in [1.29, 1.82) is 0 Å². The molecule has 19 heavy (non-hydrogen) atoms. The molecule has 3 heteroatoms. The van der Waals surface area contributed by atoms with Crippen molar-refractivity contribution in [1.82, 2.24) is 4.98 Å². The Hall–Kier alpha value is -2.16. The van der Waals surface area contributed by atoms with Crippen LogP contribution in [0.25, 0.3) is 0 Å². The second-order valence-corrected chi connectivity index (χ2v) is 4.42. The minimum atomic E-state index is 0.0231. The molecule has 0 aliphatic carbocycles. The zero-order valence-corrected chi connectivity index (χ0v) is 11.1. The molecule has 2 rings (SSSR count). The molecule has 0 spiro atoms. The number of rotatable bonds is 5. The third-order valence-corrected chi connectivity index (χ3v) is 2.98. The fourth-order valence-electron chi connectivity index (χ4n) is 1.83. The van der Waals surface area contributed by atoms with Crippen LogP contribution in [0.1, 0.15) is 24.6 Å². The molecule has 3 nitrogen and oxygen atoms in total. The third kappa shape index (κ3) is 4.21. The second kappa shape index (κ2) is 6.69. The standard InChI is InChI=1S/C16H18N2O/c1-2-13-6-8-15(9-7-13)18-16(19)11-10-14-5-3-4-12-17-14/h3-9,12H,2,10-11H2,1H3,(H,18,19). The van der Waals surface area contributed by atoms with Crippen LogP contribution >= 0.6 is 0 Å². The van der Waals surface area contributed by atoms with Gasteiger partial charge in [0.2, 0.25) is 5.91 Å². The number of pyridine rings is 1. The molecule has 0 saturated heterocycles. The summed E-state index contributed by atoms with van der Waals surface area (Å²) in [5, 5.41) is 2.90. The first-order valence-electron chi connectivity index (χ1n) is 6.56. The summed E-state index contributed by atoms with van der Waals surface area (Å²) < 4.78 is 0. The molecule has 0 unspecified atom stereocenters. The molecule has 2 aromatic rings. The number of benzene rings is 1. The number of nitrogens with one attached hydrogen (secondary N) is 1. The molecule has 0 radical (unpaired) electrons. The highest BCUT2D eigenvalue weighted by atomic mass is 16.1. The molecular formula is C16H18N2O. The molecule has 0 saturated carbocycles. The molecule has 0 fully saturated rings. The minimum Gasteiger partial charge on any atom is -0.326 e. The monoisotopic (exact) mass is 254 g/mol. The van der Waals surface area contributed by atoms with E-state index in [0.717, 1.165) is 17.8 Å². The van der Waals surface area contributed by atoms with Crippen molar-refractivity contribution in [3.8, 4) is 0 Å². The summed E-state index contributed by atoms with van der Waals surface area (Å²) in [6, 6.07) is 13.7. The Labute approximate surface area is 113 Å². The van der Waals surface area contributed by atoms with E-state index in [1.165, 1.54) is 5.56 Å². The molecule has 98 valence electrons. The predicted molar refractivity (Wildman–Crippen MR) is 77.0 cm³/mol. The Morgan fingerprint density at radius 1 is 1.16 bits per heavy atom. The normalized spacial score (nSPS) is 10.2. The van der Waals surface area contributed by atoms with Crippen molar-refractivity contribution in [3.63, 3.8) is 0 Å². The fourth-order valence-corrected chi connectivity index (χ4v) is 1.83. The lowest BCUT2D eigenvalue weighted by molar-refractivity contribution is -0.116. The maximum Gasteiger partial charge on any atom is 0.224 e. The quantitative estimate of drug-likeness (QED) is 0.890. The summed E-state index contributed by atoms with van der Waals surface area (Å²) in [6.45, 7) is 2.11. The molecule has 1 aromatic carbocycles. The average molecular weight is 254 g/mol. The maximum atomic E-state index is 11.8. The van der Waals surface area contributed by atoms with Crippen molar-refractivity contribution in [3.05, 3.63) is 59.9 Å². The predicted octanol–water partition coefficient (Wildman–Crippen LogP) is 3.22. The first-order valence-corrected chi connectivity index (χ1v) is 6.56. The number of carbonyl (C=O) groups excluding carboxylic acids is 1. The lowest BCUT2D eigenvalue weighted by Crippen LogP contribution is -2.12. The third-order valence-electron chi connectivity index (χ3n) is 2.98. The van der Waals surface area contributed by atoms with Crippen LogP contribution in [0.15, 0.2) is 48.7 Å². The van der Waals surface area contributed by atoms with Crippen LogP contribution in [0, 0.1) is 0 Å². The van der Waals surface area contributed by atoms with Crippen LogP contribution in [0.4, 0.5) is 5.69 Å². The van der Waals surface area contributed by atoms with E-state index >= 15 is 0 Å². The van der Waals surface area contributed by atoms with Gasteiger partial charge in [-0.05, 0) is 42.7 Å². The Balaban J connectivity index is 1.83. The summed E-state index contributed by atoms with van der Waals surface area (Å²) in [7, 11) is 0. The number of hydrogen-bond donors (Lipinski definition) is 1. The zero-order valence-electron chi connectivity index (χ0n) is 11.1. The number of carbonyl (C=O) groups is 1. The lowest BCUT2D eigenvalue weighted by atomic mass is 10.1. The second-order valence-electron chi connectivity index (χ2n) is 4.42. The number of aryl methyl sites for hydroxylation is 2. The zero-order chi connectivity index (χ0) is 13.5. The Morgan fingerprint density at radius 3 is 2.58 bits per heavy atom. The van der Waals surface area contributed by atoms with E-state index in [1.807, 2.05) is 42.5 Å². The van der Waals surface area contributed by atoms with Gasteiger partial charge in [0.15, 0.2) is 0 Å². The van der Waals surface area contributed by atoms with Gasteiger partial charge in [-0.2, -0.15) is 0 Å². The van der Waals surface area contributed by atoms with E-state index in [-0.39, 0.29) is 5.91 Å². The van der Waals surface area contributed by atoms with E-state index in [2.05, 4.69) is 17.2 Å². The van der Waals surface area contributed by atoms with Gasteiger partial charge in [0, 0.05) is 24.0 Å². The summed E-state index contributed by atoms with van der Waals surface area (Å²) >= 11 is 0. The fraction of sp³-hybridized carbons (Fsp3) is 0.250. The number of hydrogen-bond acceptors (Lipinski definition) is 2. The topological polar surface area (TPSA) is 42.0 Å². The summed E-state index contributed by atoms with van der Waals surface area (Å²) in [6.07, 6.45) is 3.87. The highest BCUT2D eigenvalue weighted by Crippen LogP contribution is 2.10.